The van der Waals surface area contributed by atoms with E-state index in [1.54, 1.807) is 26.2 Å². The van der Waals surface area contributed by atoms with E-state index in [0.717, 1.165) is 16.0 Å². The number of rotatable bonds is 6. The first-order valence-electron chi connectivity index (χ1n) is 9.25. The quantitative estimate of drug-likeness (QED) is 0.430. The van der Waals surface area contributed by atoms with Gasteiger partial charge < -0.3 is 9.64 Å². The van der Waals surface area contributed by atoms with Gasteiger partial charge in [0.2, 0.25) is 6.10 Å². The Kier molecular flexibility index (Phi) is 6.62. The van der Waals surface area contributed by atoms with Gasteiger partial charge in [-0.3, -0.25) is 4.79 Å². The summed E-state index contributed by atoms with van der Waals surface area (Å²) in [5, 5.41) is 1.91. The lowest BCUT2D eigenvalue weighted by atomic mass is 10.1. The molecule has 0 bridgehead atoms. The van der Waals surface area contributed by atoms with E-state index in [-0.39, 0.29) is 5.91 Å². The first-order chi connectivity index (χ1) is 14.0. The minimum atomic E-state index is -1.00. The Hall–Kier alpha value is -3.18. The van der Waals surface area contributed by atoms with Crippen molar-refractivity contribution in [3.8, 4) is 0 Å². The molecule has 0 radical (unpaired) electrons. The summed E-state index contributed by atoms with van der Waals surface area (Å²) < 4.78 is 5.76. The van der Waals surface area contributed by atoms with E-state index in [1.807, 2.05) is 73.0 Å². The van der Waals surface area contributed by atoms with Crippen molar-refractivity contribution in [3.05, 3.63) is 93.7 Å². The molecule has 3 rings (SSSR count). The number of amides is 1. The highest BCUT2D eigenvalue weighted by Crippen LogP contribution is 2.28. The van der Waals surface area contributed by atoms with E-state index in [0.29, 0.717) is 11.1 Å². The molecule has 0 aliphatic heterocycles. The highest BCUT2D eigenvalue weighted by molar-refractivity contribution is 7.11. The van der Waals surface area contributed by atoms with Crippen molar-refractivity contribution < 1.29 is 14.3 Å². The summed E-state index contributed by atoms with van der Waals surface area (Å²) in [5.41, 5.74) is 3.07. The van der Waals surface area contributed by atoms with Gasteiger partial charge in [0, 0.05) is 24.5 Å². The fraction of sp³-hybridized carbons (Fsp3) is 0.167. The summed E-state index contributed by atoms with van der Waals surface area (Å²) in [6.07, 6.45) is 0.808. The lowest BCUT2D eigenvalue weighted by molar-refractivity contribution is -0.155. The highest BCUT2D eigenvalue weighted by Gasteiger charge is 2.28. The predicted molar refractivity (Wildman–Crippen MR) is 117 cm³/mol. The van der Waals surface area contributed by atoms with Crippen LogP contribution in [-0.4, -0.2) is 30.9 Å². The number of thiophene rings is 1. The maximum atomic E-state index is 13.2. The number of benzene rings is 2. The summed E-state index contributed by atoms with van der Waals surface area (Å²) in [5.74, 6) is -0.816. The Morgan fingerprint density at radius 1 is 1.00 bits per heavy atom. The van der Waals surface area contributed by atoms with Gasteiger partial charge in [-0.25, -0.2) is 4.79 Å². The third kappa shape index (κ3) is 5.21. The second kappa shape index (κ2) is 9.34. The van der Waals surface area contributed by atoms with Crippen LogP contribution < -0.4 is 0 Å². The number of esters is 1. The van der Waals surface area contributed by atoms with Crippen molar-refractivity contribution in [3.63, 3.8) is 0 Å². The Bertz CT molecular complexity index is 1010. The Balaban J connectivity index is 1.97. The zero-order valence-electron chi connectivity index (χ0n) is 16.7. The van der Waals surface area contributed by atoms with Crippen LogP contribution in [0.5, 0.6) is 0 Å². The van der Waals surface area contributed by atoms with E-state index in [1.165, 1.54) is 16.2 Å². The number of carbonyl (C=O) groups is 2. The molecular formula is C24H23NO3S. The monoisotopic (exact) mass is 405 g/mol. The second-order valence-electron chi connectivity index (χ2n) is 6.88. The Labute approximate surface area is 175 Å². The molecule has 148 valence electrons. The van der Waals surface area contributed by atoms with E-state index in [9.17, 15) is 9.59 Å². The largest absolute Gasteiger partial charge is 0.444 e. The molecule has 0 fully saturated rings. The number of nitrogens with zero attached hydrogens (tertiary/aromatic N) is 1. The van der Waals surface area contributed by atoms with Crippen LogP contribution in [0.1, 0.15) is 27.7 Å². The van der Waals surface area contributed by atoms with Gasteiger partial charge in [-0.2, -0.15) is 0 Å². The molecule has 0 aliphatic carbocycles. The predicted octanol–water partition coefficient (Wildman–Crippen LogP) is 4.97. The summed E-state index contributed by atoms with van der Waals surface area (Å²) >= 11 is 1.46. The average Bonchev–Trinajstić information content (AvgIpc) is 3.24. The standard InChI is InChI=1S/C24H23NO3S/c1-17-9-7-10-18(15-17)16-20(21-13-8-14-29-21)24(27)28-22(23(26)25(2)3)19-11-5-4-6-12-19/h4-16,22H,1-3H3/b20-16+/t22-/m0/s1. The number of ether oxygens (including phenoxy) is 1. The zero-order chi connectivity index (χ0) is 20.8. The van der Waals surface area contributed by atoms with E-state index in [2.05, 4.69) is 0 Å². The highest BCUT2D eigenvalue weighted by atomic mass is 32.1. The second-order valence-corrected chi connectivity index (χ2v) is 7.83. The number of aryl methyl sites for hydroxylation is 1. The summed E-state index contributed by atoms with van der Waals surface area (Å²) in [6.45, 7) is 2.00. The molecule has 0 aliphatic rings. The summed E-state index contributed by atoms with van der Waals surface area (Å²) in [4.78, 5) is 28.1. The number of likely N-dealkylation sites (N-methyl/N-ethyl adjacent to an activating group) is 1. The normalized spacial score (nSPS) is 12.3. The number of carbonyl (C=O) groups excluding carboxylic acids is 2. The van der Waals surface area contributed by atoms with Gasteiger partial charge in [0.1, 0.15) is 0 Å². The fourth-order valence-corrected chi connectivity index (χ4v) is 3.61. The minimum absolute atomic E-state index is 0.286. The van der Waals surface area contributed by atoms with Crippen molar-refractivity contribution in [2.45, 2.75) is 13.0 Å². The van der Waals surface area contributed by atoms with Crippen LogP contribution in [0.4, 0.5) is 0 Å². The molecular weight excluding hydrogens is 382 g/mol. The molecule has 0 N–H and O–H groups in total. The first-order valence-corrected chi connectivity index (χ1v) is 10.1. The lowest BCUT2D eigenvalue weighted by Crippen LogP contribution is -2.31. The van der Waals surface area contributed by atoms with Crippen molar-refractivity contribution >= 4 is 34.9 Å². The maximum Gasteiger partial charge on any atom is 0.340 e. The molecule has 2 aromatic carbocycles. The van der Waals surface area contributed by atoms with Crippen molar-refractivity contribution in [1.82, 2.24) is 4.90 Å². The molecule has 1 atom stereocenters. The van der Waals surface area contributed by atoms with Gasteiger partial charge in [-0.1, -0.05) is 66.2 Å². The van der Waals surface area contributed by atoms with Gasteiger partial charge in [0.05, 0.1) is 5.57 Å². The van der Waals surface area contributed by atoms with E-state index < -0.39 is 12.1 Å². The smallest absolute Gasteiger partial charge is 0.340 e. The van der Waals surface area contributed by atoms with Crippen LogP contribution in [0.2, 0.25) is 0 Å². The van der Waals surface area contributed by atoms with Crippen LogP contribution in [0.25, 0.3) is 11.6 Å². The molecule has 29 heavy (non-hydrogen) atoms. The van der Waals surface area contributed by atoms with Crippen LogP contribution in [0.3, 0.4) is 0 Å². The Morgan fingerprint density at radius 2 is 1.76 bits per heavy atom. The lowest BCUT2D eigenvalue weighted by Gasteiger charge is -2.21. The minimum Gasteiger partial charge on any atom is -0.444 e. The maximum absolute atomic E-state index is 13.2. The molecule has 0 unspecified atom stereocenters. The summed E-state index contributed by atoms with van der Waals surface area (Å²) in [7, 11) is 3.30. The SMILES string of the molecule is Cc1cccc(/C=C(/C(=O)O[C@H](C(=O)N(C)C)c2ccccc2)c2cccs2)c1. The molecule has 5 heteroatoms. The molecule has 3 aromatic rings. The van der Waals surface area contributed by atoms with Gasteiger partial charge in [-0.15, -0.1) is 11.3 Å². The molecule has 0 spiro atoms. The van der Waals surface area contributed by atoms with Crippen LogP contribution in [0.15, 0.2) is 72.1 Å². The van der Waals surface area contributed by atoms with Crippen molar-refractivity contribution in [2.24, 2.45) is 0 Å². The zero-order valence-corrected chi connectivity index (χ0v) is 17.5. The van der Waals surface area contributed by atoms with Crippen molar-refractivity contribution in [2.75, 3.05) is 14.1 Å². The molecule has 4 nitrogen and oxygen atoms in total. The number of hydrogen-bond donors (Lipinski definition) is 0. The van der Waals surface area contributed by atoms with E-state index in [4.69, 9.17) is 4.74 Å². The third-order valence-corrected chi connectivity index (χ3v) is 5.26. The molecule has 0 saturated heterocycles. The molecule has 1 amide bonds. The average molecular weight is 406 g/mol. The van der Waals surface area contributed by atoms with Crippen molar-refractivity contribution in [1.29, 1.82) is 0 Å². The van der Waals surface area contributed by atoms with Crippen LogP contribution >= 0.6 is 11.3 Å². The van der Waals surface area contributed by atoms with Gasteiger partial charge >= 0.3 is 5.97 Å². The van der Waals surface area contributed by atoms with Gasteiger partial charge in [0.15, 0.2) is 0 Å². The molecule has 1 heterocycles. The van der Waals surface area contributed by atoms with Crippen LogP contribution in [-0.2, 0) is 14.3 Å². The van der Waals surface area contributed by atoms with Gasteiger partial charge in [-0.05, 0) is 30.0 Å². The topological polar surface area (TPSA) is 46.6 Å². The first kappa shape index (κ1) is 20.6. The molecule has 0 saturated carbocycles. The number of hydrogen-bond acceptors (Lipinski definition) is 4. The van der Waals surface area contributed by atoms with Crippen LogP contribution in [0, 0.1) is 6.92 Å². The molecule has 1 aromatic heterocycles. The summed E-state index contributed by atoms with van der Waals surface area (Å²) in [6, 6.07) is 20.7. The Morgan fingerprint density at radius 3 is 2.38 bits per heavy atom. The van der Waals surface area contributed by atoms with Gasteiger partial charge in [0.25, 0.3) is 5.91 Å². The van der Waals surface area contributed by atoms with E-state index >= 15 is 0 Å². The third-order valence-electron chi connectivity index (χ3n) is 4.35. The fourth-order valence-electron chi connectivity index (χ4n) is 2.88.